The highest BCUT2D eigenvalue weighted by atomic mass is 16.5. The SMILES string of the molecule is CCC(C)Oc1cccc(C(C)=O)c1OC(C)CC. The van der Waals surface area contributed by atoms with E-state index in [1.807, 2.05) is 26.0 Å². The van der Waals surface area contributed by atoms with Gasteiger partial charge in [0.25, 0.3) is 0 Å². The summed E-state index contributed by atoms with van der Waals surface area (Å²) in [5.74, 6) is 1.22. The van der Waals surface area contributed by atoms with Gasteiger partial charge in [-0.15, -0.1) is 0 Å². The molecule has 0 aliphatic heterocycles. The lowest BCUT2D eigenvalue weighted by Gasteiger charge is -2.21. The topological polar surface area (TPSA) is 35.5 Å². The molecule has 0 N–H and O–H groups in total. The van der Waals surface area contributed by atoms with Crippen molar-refractivity contribution in [3.8, 4) is 11.5 Å². The summed E-state index contributed by atoms with van der Waals surface area (Å²) in [5.41, 5.74) is 0.584. The zero-order valence-corrected chi connectivity index (χ0v) is 12.5. The fraction of sp³-hybridized carbons (Fsp3) is 0.562. The Kier molecular flexibility index (Phi) is 5.87. The molecule has 0 saturated carbocycles. The smallest absolute Gasteiger partial charge is 0.172 e. The van der Waals surface area contributed by atoms with Gasteiger partial charge in [0.05, 0.1) is 17.8 Å². The second-order valence-electron chi connectivity index (χ2n) is 4.86. The summed E-state index contributed by atoms with van der Waals surface area (Å²) >= 11 is 0. The van der Waals surface area contributed by atoms with E-state index in [0.29, 0.717) is 17.1 Å². The predicted molar refractivity (Wildman–Crippen MR) is 77.2 cm³/mol. The number of hydrogen-bond donors (Lipinski definition) is 0. The average Bonchev–Trinajstić information content (AvgIpc) is 2.39. The third-order valence-electron chi connectivity index (χ3n) is 3.16. The van der Waals surface area contributed by atoms with Gasteiger partial charge in [0.15, 0.2) is 17.3 Å². The first-order chi connectivity index (χ1) is 8.99. The van der Waals surface area contributed by atoms with Crippen molar-refractivity contribution in [2.24, 2.45) is 0 Å². The van der Waals surface area contributed by atoms with Crippen LogP contribution in [0, 0.1) is 0 Å². The Morgan fingerprint density at radius 3 is 2.21 bits per heavy atom. The van der Waals surface area contributed by atoms with E-state index in [1.165, 1.54) is 0 Å². The van der Waals surface area contributed by atoms with E-state index in [1.54, 1.807) is 13.0 Å². The fourth-order valence-corrected chi connectivity index (χ4v) is 1.59. The van der Waals surface area contributed by atoms with Crippen molar-refractivity contribution >= 4 is 5.78 Å². The number of benzene rings is 1. The lowest BCUT2D eigenvalue weighted by molar-refractivity contribution is 0.100. The number of Topliss-reactive ketones (excluding diaryl/α,β-unsaturated/α-hetero) is 1. The van der Waals surface area contributed by atoms with Gasteiger partial charge in [-0.05, 0) is 45.7 Å². The summed E-state index contributed by atoms with van der Waals surface area (Å²) in [7, 11) is 0. The molecule has 3 heteroatoms. The summed E-state index contributed by atoms with van der Waals surface area (Å²) in [4.78, 5) is 11.7. The average molecular weight is 264 g/mol. The van der Waals surface area contributed by atoms with Crippen LogP contribution in [0.4, 0.5) is 0 Å². The molecule has 0 aliphatic carbocycles. The molecular weight excluding hydrogens is 240 g/mol. The molecule has 0 aromatic heterocycles. The lowest BCUT2D eigenvalue weighted by atomic mass is 10.1. The van der Waals surface area contributed by atoms with Gasteiger partial charge in [-0.3, -0.25) is 4.79 Å². The zero-order chi connectivity index (χ0) is 14.4. The highest BCUT2D eigenvalue weighted by Crippen LogP contribution is 2.33. The molecule has 0 aliphatic rings. The molecule has 0 heterocycles. The van der Waals surface area contributed by atoms with Crippen LogP contribution in [-0.4, -0.2) is 18.0 Å². The maximum atomic E-state index is 11.7. The van der Waals surface area contributed by atoms with E-state index < -0.39 is 0 Å². The van der Waals surface area contributed by atoms with Gasteiger partial charge in [0.1, 0.15) is 0 Å². The Labute approximate surface area is 115 Å². The Balaban J connectivity index is 3.13. The van der Waals surface area contributed by atoms with Gasteiger partial charge in [0.2, 0.25) is 0 Å². The summed E-state index contributed by atoms with van der Waals surface area (Å²) < 4.78 is 11.7. The number of para-hydroxylation sites is 1. The molecular formula is C16H24O3. The van der Waals surface area contributed by atoms with Gasteiger partial charge in [0, 0.05) is 0 Å². The van der Waals surface area contributed by atoms with Crippen LogP contribution in [0.15, 0.2) is 18.2 Å². The first-order valence-electron chi connectivity index (χ1n) is 6.96. The number of ether oxygens (including phenoxy) is 2. The van der Waals surface area contributed by atoms with Crippen molar-refractivity contribution in [2.75, 3.05) is 0 Å². The predicted octanol–water partition coefficient (Wildman–Crippen LogP) is 4.24. The molecule has 3 nitrogen and oxygen atoms in total. The monoisotopic (exact) mass is 264 g/mol. The molecule has 0 bridgehead atoms. The minimum Gasteiger partial charge on any atom is -0.487 e. The summed E-state index contributed by atoms with van der Waals surface area (Å²) in [5, 5.41) is 0. The Morgan fingerprint density at radius 1 is 1.11 bits per heavy atom. The molecule has 0 spiro atoms. The largest absolute Gasteiger partial charge is 0.487 e. The first-order valence-corrected chi connectivity index (χ1v) is 6.96. The van der Waals surface area contributed by atoms with E-state index in [9.17, 15) is 4.79 Å². The van der Waals surface area contributed by atoms with E-state index in [4.69, 9.17) is 9.47 Å². The maximum Gasteiger partial charge on any atom is 0.172 e. The highest BCUT2D eigenvalue weighted by molar-refractivity contribution is 5.97. The van der Waals surface area contributed by atoms with Crippen LogP contribution < -0.4 is 9.47 Å². The number of carbonyl (C=O) groups is 1. The van der Waals surface area contributed by atoms with Gasteiger partial charge < -0.3 is 9.47 Å². The number of hydrogen-bond acceptors (Lipinski definition) is 3. The molecule has 0 fully saturated rings. The quantitative estimate of drug-likeness (QED) is 0.691. The lowest BCUT2D eigenvalue weighted by Crippen LogP contribution is -2.16. The molecule has 0 radical (unpaired) electrons. The van der Waals surface area contributed by atoms with Gasteiger partial charge in [-0.1, -0.05) is 19.9 Å². The molecule has 1 aromatic rings. The fourth-order valence-electron chi connectivity index (χ4n) is 1.59. The van der Waals surface area contributed by atoms with Crippen LogP contribution in [0.2, 0.25) is 0 Å². The van der Waals surface area contributed by atoms with Crippen molar-refractivity contribution < 1.29 is 14.3 Å². The molecule has 1 aromatic carbocycles. The van der Waals surface area contributed by atoms with Crippen LogP contribution in [0.3, 0.4) is 0 Å². The van der Waals surface area contributed by atoms with Crippen LogP contribution >= 0.6 is 0 Å². The second-order valence-corrected chi connectivity index (χ2v) is 4.86. The van der Waals surface area contributed by atoms with Crippen molar-refractivity contribution in [1.29, 1.82) is 0 Å². The zero-order valence-electron chi connectivity index (χ0n) is 12.5. The summed E-state index contributed by atoms with van der Waals surface area (Å²) in [6.45, 7) is 9.66. The minimum atomic E-state index is -0.00657. The highest BCUT2D eigenvalue weighted by Gasteiger charge is 2.17. The standard InChI is InChI=1S/C16H24O3/c1-6-11(3)18-15-10-8-9-14(13(5)17)16(15)19-12(4)7-2/h8-12H,6-7H2,1-5H3. The number of rotatable bonds is 7. The van der Waals surface area contributed by atoms with E-state index in [-0.39, 0.29) is 18.0 Å². The van der Waals surface area contributed by atoms with Crippen LogP contribution in [-0.2, 0) is 0 Å². The Hall–Kier alpha value is -1.51. The Morgan fingerprint density at radius 2 is 1.68 bits per heavy atom. The van der Waals surface area contributed by atoms with Crippen molar-refractivity contribution in [3.63, 3.8) is 0 Å². The third-order valence-corrected chi connectivity index (χ3v) is 3.16. The van der Waals surface area contributed by atoms with Crippen molar-refractivity contribution in [2.45, 2.75) is 59.7 Å². The minimum absolute atomic E-state index is 0.00657. The molecule has 2 unspecified atom stereocenters. The van der Waals surface area contributed by atoms with Gasteiger partial charge in [-0.2, -0.15) is 0 Å². The normalized spacial score (nSPS) is 13.7. The second kappa shape index (κ2) is 7.17. The Bertz CT molecular complexity index is 426. The summed E-state index contributed by atoms with van der Waals surface area (Å²) in [6.07, 6.45) is 1.95. The number of carbonyl (C=O) groups excluding carboxylic acids is 1. The van der Waals surface area contributed by atoms with Crippen LogP contribution in [0.5, 0.6) is 11.5 Å². The van der Waals surface area contributed by atoms with Crippen LogP contribution in [0.1, 0.15) is 57.8 Å². The van der Waals surface area contributed by atoms with E-state index in [2.05, 4.69) is 13.8 Å². The van der Waals surface area contributed by atoms with E-state index >= 15 is 0 Å². The molecule has 2 atom stereocenters. The molecule has 1 rings (SSSR count). The molecule has 19 heavy (non-hydrogen) atoms. The van der Waals surface area contributed by atoms with Crippen LogP contribution in [0.25, 0.3) is 0 Å². The number of ketones is 1. The summed E-state index contributed by atoms with van der Waals surface area (Å²) in [6, 6.07) is 5.47. The molecule has 0 saturated heterocycles. The van der Waals surface area contributed by atoms with E-state index in [0.717, 1.165) is 12.8 Å². The molecule has 106 valence electrons. The van der Waals surface area contributed by atoms with Crippen molar-refractivity contribution in [1.82, 2.24) is 0 Å². The maximum absolute atomic E-state index is 11.7. The third kappa shape index (κ3) is 4.27. The van der Waals surface area contributed by atoms with Crippen molar-refractivity contribution in [3.05, 3.63) is 23.8 Å². The molecule has 0 amide bonds. The first kappa shape index (κ1) is 15.5. The van der Waals surface area contributed by atoms with Gasteiger partial charge in [-0.25, -0.2) is 0 Å². The van der Waals surface area contributed by atoms with Gasteiger partial charge >= 0.3 is 0 Å².